The fourth-order valence-electron chi connectivity index (χ4n) is 2.71. The molecule has 0 bridgehead atoms. The predicted molar refractivity (Wildman–Crippen MR) is 90.3 cm³/mol. The summed E-state index contributed by atoms with van der Waals surface area (Å²) in [5, 5.41) is 9.73. The molecule has 3 heteroatoms. The van der Waals surface area contributed by atoms with Crippen LogP contribution in [0.25, 0.3) is 0 Å². The molecule has 0 saturated carbocycles. The summed E-state index contributed by atoms with van der Waals surface area (Å²) in [5.41, 5.74) is 6.00. The van der Waals surface area contributed by atoms with Crippen molar-refractivity contribution in [3.63, 3.8) is 0 Å². The smallest absolute Gasteiger partial charge is 0.0678 e. The molecule has 0 spiro atoms. The third kappa shape index (κ3) is 10.9. The van der Waals surface area contributed by atoms with E-state index in [0.29, 0.717) is 11.8 Å². The number of hydrogen-bond acceptors (Lipinski definition) is 2. The number of aliphatic hydroxyl groups is 1. The zero-order chi connectivity index (χ0) is 15.4. The highest BCUT2D eigenvalue weighted by molar-refractivity contribution is 6.18. The van der Waals surface area contributed by atoms with Crippen LogP contribution in [0.2, 0.25) is 0 Å². The number of rotatable bonds is 13. The lowest BCUT2D eigenvalue weighted by Crippen LogP contribution is -2.42. The van der Waals surface area contributed by atoms with Crippen LogP contribution in [0.3, 0.4) is 0 Å². The molecule has 0 aliphatic rings. The fourth-order valence-corrected chi connectivity index (χ4v) is 2.84. The molecule has 20 heavy (non-hydrogen) atoms. The molecule has 0 radical (unpaired) electrons. The second kappa shape index (κ2) is 11.8. The van der Waals surface area contributed by atoms with E-state index < -0.39 is 6.10 Å². The molecule has 0 fully saturated rings. The van der Waals surface area contributed by atoms with Gasteiger partial charge in [-0.2, -0.15) is 0 Å². The minimum atomic E-state index is -0.418. The molecule has 2 unspecified atom stereocenters. The number of nitrogens with two attached hydrogens (primary N) is 1. The molecule has 0 amide bonds. The van der Waals surface area contributed by atoms with E-state index in [0.717, 1.165) is 12.8 Å². The average Bonchev–Trinajstić information content (AvgIpc) is 2.38. The zero-order valence-corrected chi connectivity index (χ0v) is 14.6. The van der Waals surface area contributed by atoms with Gasteiger partial charge in [-0.25, -0.2) is 0 Å². The van der Waals surface area contributed by atoms with Crippen LogP contribution in [0.4, 0.5) is 0 Å². The second-order valence-electron chi connectivity index (χ2n) is 6.83. The molecule has 3 N–H and O–H groups in total. The SMILES string of the molecule is CCCCCCCCCCC(CC(O)CCl)C(C)(C)N. The Morgan fingerprint density at radius 1 is 1.00 bits per heavy atom. The molecule has 0 aromatic heterocycles. The van der Waals surface area contributed by atoms with E-state index in [2.05, 4.69) is 20.8 Å². The summed E-state index contributed by atoms with van der Waals surface area (Å²) in [4.78, 5) is 0. The molecule has 2 nitrogen and oxygen atoms in total. The molecule has 0 aromatic rings. The van der Waals surface area contributed by atoms with Crippen molar-refractivity contribution in [2.24, 2.45) is 11.7 Å². The van der Waals surface area contributed by atoms with Gasteiger partial charge in [0.05, 0.1) is 6.10 Å². The van der Waals surface area contributed by atoms with Crippen molar-refractivity contribution in [1.82, 2.24) is 0 Å². The normalized spacial score (nSPS) is 15.3. The van der Waals surface area contributed by atoms with E-state index in [-0.39, 0.29) is 5.54 Å². The van der Waals surface area contributed by atoms with Gasteiger partial charge in [0.15, 0.2) is 0 Å². The lowest BCUT2D eigenvalue weighted by molar-refractivity contribution is 0.133. The standard InChI is InChI=1S/C17H36ClNO/c1-4-5-6-7-8-9-10-11-12-15(17(2,3)19)13-16(20)14-18/h15-16,20H,4-14,19H2,1-3H3. The van der Waals surface area contributed by atoms with Gasteiger partial charge in [0.25, 0.3) is 0 Å². The van der Waals surface area contributed by atoms with Gasteiger partial charge in [0, 0.05) is 11.4 Å². The maximum atomic E-state index is 9.73. The van der Waals surface area contributed by atoms with Crippen LogP contribution in [0, 0.1) is 5.92 Å². The highest BCUT2D eigenvalue weighted by Gasteiger charge is 2.26. The van der Waals surface area contributed by atoms with Gasteiger partial charge in [-0.15, -0.1) is 11.6 Å². The molecule has 0 heterocycles. The predicted octanol–water partition coefficient (Wildman–Crippen LogP) is 4.86. The first-order valence-electron chi connectivity index (χ1n) is 8.44. The third-order valence-corrected chi connectivity index (χ3v) is 4.55. The first-order chi connectivity index (χ1) is 9.41. The van der Waals surface area contributed by atoms with Crippen molar-refractivity contribution in [3.8, 4) is 0 Å². The van der Waals surface area contributed by atoms with E-state index in [9.17, 15) is 5.11 Å². The summed E-state index contributed by atoms with van der Waals surface area (Å²) >= 11 is 5.70. The third-order valence-electron chi connectivity index (χ3n) is 4.19. The Bertz CT molecular complexity index is 216. The van der Waals surface area contributed by atoms with Gasteiger partial charge in [-0.1, -0.05) is 58.3 Å². The summed E-state index contributed by atoms with van der Waals surface area (Å²) in [6.07, 6.45) is 12.1. The number of halogens is 1. The van der Waals surface area contributed by atoms with Crippen molar-refractivity contribution in [2.75, 3.05) is 5.88 Å². The molecule has 0 aliphatic heterocycles. The minimum Gasteiger partial charge on any atom is -0.392 e. The number of aliphatic hydroxyl groups excluding tert-OH is 1. The Labute approximate surface area is 131 Å². The first kappa shape index (κ1) is 20.2. The minimum absolute atomic E-state index is 0.228. The van der Waals surface area contributed by atoms with E-state index in [4.69, 9.17) is 17.3 Å². The molecular weight excluding hydrogens is 270 g/mol. The Morgan fingerprint density at radius 3 is 1.95 bits per heavy atom. The zero-order valence-electron chi connectivity index (χ0n) is 13.8. The van der Waals surface area contributed by atoms with Crippen molar-refractivity contribution in [2.45, 2.75) is 96.6 Å². The number of hydrogen-bond donors (Lipinski definition) is 2. The van der Waals surface area contributed by atoms with Gasteiger partial charge >= 0.3 is 0 Å². The van der Waals surface area contributed by atoms with Gasteiger partial charge in [-0.3, -0.25) is 0 Å². The van der Waals surface area contributed by atoms with Gasteiger partial charge in [0.1, 0.15) is 0 Å². The summed E-state index contributed by atoms with van der Waals surface area (Å²) in [5.74, 6) is 0.667. The van der Waals surface area contributed by atoms with Crippen LogP contribution in [0.5, 0.6) is 0 Å². The van der Waals surface area contributed by atoms with E-state index in [1.807, 2.05) is 0 Å². The molecule has 0 aromatic carbocycles. The van der Waals surface area contributed by atoms with Gasteiger partial charge < -0.3 is 10.8 Å². The van der Waals surface area contributed by atoms with Crippen LogP contribution in [-0.2, 0) is 0 Å². The highest BCUT2D eigenvalue weighted by atomic mass is 35.5. The monoisotopic (exact) mass is 305 g/mol. The highest BCUT2D eigenvalue weighted by Crippen LogP contribution is 2.26. The second-order valence-corrected chi connectivity index (χ2v) is 7.13. The molecule has 2 atom stereocenters. The summed E-state index contributed by atoms with van der Waals surface area (Å²) < 4.78 is 0. The lowest BCUT2D eigenvalue weighted by Gasteiger charge is -2.32. The summed E-state index contributed by atoms with van der Waals surface area (Å²) in [7, 11) is 0. The van der Waals surface area contributed by atoms with E-state index in [1.54, 1.807) is 0 Å². The maximum absolute atomic E-state index is 9.73. The molecule has 0 aliphatic carbocycles. The maximum Gasteiger partial charge on any atom is 0.0678 e. The van der Waals surface area contributed by atoms with E-state index in [1.165, 1.54) is 51.4 Å². The molecular formula is C17H36ClNO. The van der Waals surface area contributed by atoms with E-state index >= 15 is 0 Å². The molecule has 0 saturated heterocycles. The van der Waals surface area contributed by atoms with Gasteiger partial charge in [-0.05, 0) is 32.6 Å². The molecule has 122 valence electrons. The van der Waals surface area contributed by atoms with Crippen LogP contribution in [0.15, 0.2) is 0 Å². The Kier molecular flexibility index (Phi) is 11.9. The Balaban J connectivity index is 3.75. The number of unbranched alkanes of at least 4 members (excludes halogenated alkanes) is 7. The number of alkyl halides is 1. The molecule has 0 rings (SSSR count). The average molecular weight is 306 g/mol. The van der Waals surface area contributed by atoms with Crippen LogP contribution >= 0.6 is 11.6 Å². The van der Waals surface area contributed by atoms with Crippen molar-refractivity contribution in [1.29, 1.82) is 0 Å². The van der Waals surface area contributed by atoms with Crippen molar-refractivity contribution < 1.29 is 5.11 Å². The Hall–Kier alpha value is 0.210. The Morgan fingerprint density at radius 2 is 1.50 bits per heavy atom. The van der Waals surface area contributed by atoms with Crippen LogP contribution in [0.1, 0.15) is 85.0 Å². The van der Waals surface area contributed by atoms with Crippen LogP contribution in [-0.4, -0.2) is 22.6 Å². The quantitative estimate of drug-likeness (QED) is 0.377. The van der Waals surface area contributed by atoms with Crippen LogP contribution < -0.4 is 5.73 Å². The lowest BCUT2D eigenvalue weighted by atomic mass is 9.80. The first-order valence-corrected chi connectivity index (χ1v) is 8.98. The van der Waals surface area contributed by atoms with Gasteiger partial charge in [0.2, 0.25) is 0 Å². The summed E-state index contributed by atoms with van der Waals surface area (Å²) in [6.45, 7) is 6.37. The topological polar surface area (TPSA) is 46.2 Å². The fraction of sp³-hybridized carbons (Fsp3) is 1.00. The summed E-state index contributed by atoms with van der Waals surface area (Å²) in [6, 6.07) is 0. The van der Waals surface area contributed by atoms with Crippen molar-refractivity contribution in [3.05, 3.63) is 0 Å². The van der Waals surface area contributed by atoms with Crippen molar-refractivity contribution >= 4 is 11.6 Å². The largest absolute Gasteiger partial charge is 0.392 e.